The van der Waals surface area contributed by atoms with Crippen LogP contribution in [0.25, 0.3) is 0 Å². The summed E-state index contributed by atoms with van der Waals surface area (Å²) in [6.07, 6.45) is 0.418. The van der Waals surface area contributed by atoms with Gasteiger partial charge >= 0.3 is 0 Å². The number of hydrogen-bond acceptors (Lipinski definition) is 2. The topological polar surface area (TPSA) is 38.3 Å². The van der Waals surface area contributed by atoms with E-state index in [9.17, 15) is 4.79 Å². The largest absolute Gasteiger partial charge is 0.481 e. The fraction of sp³-hybridized carbons (Fsp3) is 0.562. The van der Waals surface area contributed by atoms with Crippen LogP contribution in [-0.4, -0.2) is 18.1 Å². The van der Waals surface area contributed by atoms with Crippen LogP contribution in [0.5, 0.6) is 5.75 Å². The highest BCUT2D eigenvalue weighted by atomic mass is 16.5. The van der Waals surface area contributed by atoms with E-state index in [0.29, 0.717) is 5.92 Å². The number of rotatable bonds is 6. The van der Waals surface area contributed by atoms with Crippen molar-refractivity contribution in [3.8, 4) is 5.75 Å². The highest BCUT2D eigenvalue weighted by Crippen LogP contribution is 2.19. The molecule has 2 atom stereocenters. The number of hydrogen-bond donors (Lipinski definition) is 1. The average Bonchev–Trinajstić information content (AvgIpc) is 2.38. The molecule has 1 rings (SSSR count). The van der Waals surface area contributed by atoms with Crippen molar-refractivity contribution < 1.29 is 9.53 Å². The highest BCUT2D eigenvalue weighted by molar-refractivity contribution is 5.81. The molecular formula is C16H25NO2. The van der Waals surface area contributed by atoms with E-state index in [2.05, 4.69) is 26.1 Å². The van der Waals surface area contributed by atoms with Crippen molar-refractivity contribution in [2.75, 3.05) is 0 Å². The lowest BCUT2D eigenvalue weighted by molar-refractivity contribution is -0.128. The molecule has 0 spiro atoms. The minimum absolute atomic E-state index is 0.0629. The molecule has 0 heterocycles. The van der Waals surface area contributed by atoms with E-state index in [4.69, 9.17) is 4.74 Å². The molecule has 0 aliphatic carbocycles. The van der Waals surface area contributed by atoms with Gasteiger partial charge in [0.15, 0.2) is 6.10 Å². The summed E-state index contributed by atoms with van der Waals surface area (Å²) in [6.45, 7) is 10.0. The van der Waals surface area contributed by atoms with E-state index in [1.807, 2.05) is 31.2 Å². The van der Waals surface area contributed by atoms with Crippen LogP contribution in [0.15, 0.2) is 24.3 Å². The Bertz CT molecular complexity index is 415. The van der Waals surface area contributed by atoms with Gasteiger partial charge in [-0.1, -0.05) is 39.0 Å². The van der Waals surface area contributed by atoms with Gasteiger partial charge in [0, 0.05) is 6.04 Å². The number of benzene rings is 1. The van der Waals surface area contributed by atoms with Crippen molar-refractivity contribution in [1.29, 1.82) is 0 Å². The summed E-state index contributed by atoms with van der Waals surface area (Å²) in [5, 5.41) is 2.97. The maximum atomic E-state index is 12.0. The highest BCUT2D eigenvalue weighted by Gasteiger charge is 2.19. The second-order valence-electron chi connectivity index (χ2n) is 5.26. The quantitative estimate of drug-likeness (QED) is 0.856. The average molecular weight is 263 g/mol. The smallest absolute Gasteiger partial charge is 0.260 e. The van der Waals surface area contributed by atoms with E-state index < -0.39 is 6.10 Å². The summed E-state index contributed by atoms with van der Waals surface area (Å²) >= 11 is 0. The van der Waals surface area contributed by atoms with Crippen molar-refractivity contribution in [3.05, 3.63) is 29.8 Å². The molecule has 19 heavy (non-hydrogen) atoms. The molecule has 0 unspecified atom stereocenters. The van der Waals surface area contributed by atoms with Crippen LogP contribution in [0.2, 0.25) is 0 Å². The molecule has 3 heteroatoms. The van der Waals surface area contributed by atoms with Gasteiger partial charge in [-0.2, -0.15) is 0 Å². The first-order valence-corrected chi connectivity index (χ1v) is 7.00. The molecule has 0 aromatic heterocycles. The van der Waals surface area contributed by atoms with Gasteiger partial charge in [0.1, 0.15) is 5.75 Å². The predicted octanol–water partition coefficient (Wildman–Crippen LogP) is 3.18. The lowest BCUT2D eigenvalue weighted by atomic mass is 10.1. The van der Waals surface area contributed by atoms with Gasteiger partial charge in [-0.05, 0) is 37.8 Å². The Balaban J connectivity index is 2.63. The van der Waals surface area contributed by atoms with Crippen LogP contribution < -0.4 is 10.1 Å². The minimum Gasteiger partial charge on any atom is -0.481 e. The zero-order valence-electron chi connectivity index (χ0n) is 12.6. The van der Waals surface area contributed by atoms with E-state index >= 15 is 0 Å². The van der Waals surface area contributed by atoms with Crippen LogP contribution >= 0.6 is 0 Å². The van der Waals surface area contributed by atoms with Crippen molar-refractivity contribution in [2.24, 2.45) is 5.92 Å². The van der Waals surface area contributed by atoms with E-state index in [-0.39, 0.29) is 11.9 Å². The fourth-order valence-corrected chi connectivity index (χ4v) is 1.66. The number of carbonyl (C=O) groups is 1. The molecule has 0 aliphatic heterocycles. The third kappa shape index (κ3) is 4.58. The summed E-state index contributed by atoms with van der Waals surface area (Å²) < 4.78 is 5.77. The van der Waals surface area contributed by atoms with Crippen molar-refractivity contribution >= 4 is 5.91 Å². The van der Waals surface area contributed by atoms with Crippen LogP contribution in [0.3, 0.4) is 0 Å². The number of para-hydroxylation sites is 1. The van der Waals surface area contributed by atoms with Gasteiger partial charge in [0.2, 0.25) is 0 Å². The number of aryl methyl sites for hydroxylation is 1. The van der Waals surface area contributed by atoms with Crippen molar-refractivity contribution in [1.82, 2.24) is 5.32 Å². The molecule has 1 aromatic rings. The molecule has 0 saturated heterocycles. The van der Waals surface area contributed by atoms with Gasteiger partial charge in [0.05, 0.1) is 0 Å². The summed E-state index contributed by atoms with van der Waals surface area (Å²) in [5.41, 5.74) is 1.12. The third-order valence-corrected chi connectivity index (χ3v) is 3.40. The molecule has 1 amide bonds. The molecule has 0 bridgehead atoms. The second kappa shape index (κ2) is 7.17. The number of nitrogens with one attached hydrogen (secondary N) is 1. The van der Waals surface area contributed by atoms with Gasteiger partial charge in [-0.3, -0.25) is 4.79 Å². The first-order chi connectivity index (χ1) is 8.95. The molecular weight excluding hydrogens is 238 g/mol. The summed E-state index contributed by atoms with van der Waals surface area (Å²) in [5.74, 6) is 1.15. The first-order valence-electron chi connectivity index (χ1n) is 7.00. The molecule has 106 valence electrons. The monoisotopic (exact) mass is 263 g/mol. The van der Waals surface area contributed by atoms with Crippen LogP contribution in [0.1, 0.15) is 40.2 Å². The molecule has 3 nitrogen and oxygen atoms in total. The Morgan fingerprint density at radius 2 is 1.84 bits per heavy atom. The van der Waals surface area contributed by atoms with Crippen molar-refractivity contribution in [2.45, 2.75) is 53.2 Å². The Morgan fingerprint density at radius 3 is 2.42 bits per heavy atom. The van der Waals surface area contributed by atoms with Crippen LogP contribution in [0.4, 0.5) is 0 Å². The second-order valence-corrected chi connectivity index (χ2v) is 5.26. The number of carbonyl (C=O) groups excluding carboxylic acids is 1. The Labute approximate surface area is 116 Å². The zero-order chi connectivity index (χ0) is 14.4. The zero-order valence-corrected chi connectivity index (χ0v) is 12.6. The van der Waals surface area contributed by atoms with Crippen molar-refractivity contribution in [3.63, 3.8) is 0 Å². The minimum atomic E-state index is -0.478. The Hall–Kier alpha value is -1.51. The third-order valence-electron chi connectivity index (χ3n) is 3.40. The van der Waals surface area contributed by atoms with Gasteiger partial charge in [-0.25, -0.2) is 0 Å². The normalized spacial score (nSPS) is 14.0. The molecule has 0 saturated carbocycles. The Kier molecular flexibility index (Phi) is 5.87. The summed E-state index contributed by atoms with van der Waals surface area (Å²) in [6, 6.07) is 8.00. The predicted molar refractivity (Wildman–Crippen MR) is 78.4 cm³/mol. The lowest BCUT2D eigenvalue weighted by Gasteiger charge is -2.21. The molecule has 0 aliphatic rings. The Morgan fingerprint density at radius 1 is 1.21 bits per heavy atom. The molecule has 1 aromatic carbocycles. The summed E-state index contributed by atoms with van der Waals surface area (Å²) in [4.78, 5) is 12.0. The lowest BCUT2D eigenvalue weighted by Crippen LogP contribution is -2.43. The summed E-state index contributed by atoms with van der Waals surface area (Å²) in [7, 11) is 0. The molecule has 1 N–H and O–H groups in total. The standard InChI is InChI=1S/C16H25NO2/c1-6-14-9-7-8-10-15(14)19-13(5)16(18)17-12(4)11(2)3/h7-13H,6H2,1-5H3,(H,17,18)/t12-,13+/m0/s1. The van der Waals surface area contributed by atoms with E-state index in [1.54, 1.807) is 6.92 Å². The van der Waals surface area contributed by atoms with Crippen LogP contribution in [-0.2, 0) is 11.2 Å². The number of amides is 1. The van der Waals surface area contributed by atoms with Gasteiger partial charge in [0.25, 0.3) is 5.91 Å². The fourth-order valence-electron chi connectivity index (χ4n) is 1.66. The maximum absolute atomic E-state index is 12.0. The molecule has 0 radical (unpaired) electrons. The molecule has 0 fully saturated rings. The van der Waals surface area contributed by atoms with Crippen LogP contribution in [0, 0.1) is 5.92 Å². The maximum Gasteiger partial charge on any atom is 0.260 e. The first kappa shape index (κ1) is 15.5. The number of ether oxygens (including phenoxy) is 1. The van der Waals surface area contributed by atoms with E-state index in [0.717, 1.165) is 17.7 Å². The van der Waals surface area contributed by atoms with Gasteiger partial charge < -0.3 is 10.1 Å². The van der Waals surface area contributed by atoms with E-state index in [1.165, 1.54) is 0 Å². The SMILES string of the molecule is CCc1ccccc1O[C@H](C)C(=O)N[C@@H](C)C(C)C. The van der Waals surface area contributed by atoms with Gasteiger partial charge in [-0.15, -0.1) is 0 Å².